The molecule has 0 fully saturated rings. The molecule has 5 rings (SSSR count). The van der Waals surface area contributed by atoms with Gasteiger partial charge in [-0.05, 0) is 28.5 Å². The molecule has 2 heterocycles. The number of nitriles is 1. The van der Waals surface area contributed by atoms with Crippen molar-refractivity contribution in [2.75, 3.05) is 0 Å². The van der Waals surface area contributed by atoms with E-state index in [2.05, 4.69) is 24.3 Å². The molecule has 3 aromatic carbocycles. The van der Waals surface area contributed by atoms with E-state index in [1.165, 1.54) is 0 Å². The monoisotopic (exact) mass is 376 g/mol. The molecule has 2 N–H and O–H groups in total. The van der Waals surface area contributed by atoms with Crippen LogP contribution in [0.25, 0.3) is 33.7 Å². The molecule has 0 atom stereocenters. The largest absolute Gasteiger partial charge is 0.425 e. The Morgan fingerprint density at radius 1 is 0.897 bits per heavy atom. The van der Waals surface area contributed by atoms with Gasteiger partial charge in [0.15, 0.2) is 0 Å². The lowest BCUT2D eigenvalue weighted by Crippen LogP contribution is -2.14. The van der Waals surface area contributed by atoms with Crippen LogP contribution in [0.5, 0.6) is 5.95 Å². The van der Waals surface area contributed by atoms with Crippen molar-refractivity contribution in [3.63, 3.8) is 0 Å². The summed E-state index contributed by atoms with van der Waals surface area (Å²) in [5, 5.41) is 12.0. The molecule has 138 valence electrons. The van der Waals surface area contributed by atoms with Gasteiger partial charge >= 0.3 is 0 Å². The fourth-order valence-electron chi connectivity index (χ4n) is 3.60. The average molecular weight is 376 g/mol. The number of nitrogens with zero attached hydrogens (tertiary/aromatic N) is 1. The number of furan rings is 1. The van der Waals surface area contributed by atoms with Crippen molar-refractivity contribution in [2.24, 2.45) is 5.73 Å². The molecular formula is C25H16N2O2. The highest BCUT2D eigenvalue weighted by Crippen LogP contribution is 2.43. The van der Waals surface area contributed by atoms with Gasteiger partial charge in [0, 0.05) is 11.1 Å². The molecule has 0 saturated heterocycles. The summed E-state index contributed by atoms with van der Waals surface area (Å²) >= 11 is 0. The van der Waals surface area contributed by atoms with E-state index >= 15 is 0 Å². The predicted octanol–water partition coefficient (Wildman–Crippen LogP) is 5.73. The highest BCUT2D eigenvalue weighted by molar-refractivity contribution is 6.02. The van der Waals surface area contributed by atoms with Crippen molar-refractivity contribution >= 4 is 22.4 Å². The van der Waals surface area contributed by atoms with Crippen LogP contribution in [0.1, 0.15) is 11.1 Å². The van der Waals surface area contributed by atoms with Gasteiger partial charge in [0.25, 0.3) is 5.95 Å². The first-order chi connectivity index (χ1) is 14.2. The molecule has 4 aromatic rings. The molecule has 0 amide bonds. The van der Waals surface area contributed by atoms with Crippen molar-refractivity contribution in [3.05, 3.63) is 101 Å². The van der Waals surface area contributed by atoms with E-state index in [9.17, 15) is 5.26 Å². The first kappa shape index (κ1) is 16.9. The quantitative estimate of drug-likeness (QED) is 0.485. The van der Waals surface area contributed by atoms with E-state index < -0.39 is 0 Å². The minimum atomic E-state index is 0.0421. The van der Waals surface area contributed by atoms with E-state index in [1.54, 1.807) is 0 Å². The average Bonchev–Trinajstić information content (AvgIpc) is 3.18. The molecule has 0 unspecified atom stereocenters. The third-order valence-corrected chi connectivity index (χ3v) is 5.00. The summed E-state index contributed by atoms with van der Waals surface area (Å²) in [5.41, 5.74) is 9.66. The second-order valence-corrected chi connectivity index (χ2v) is 6.76. The topological polar surface area (TPSA) is 72.2 Å². The van der Waals surface area contributed by atoms with Crippen molar-refractivity contribution in [3.8, 4) is 23.3 Å². The van der Waals surface area contributed by atoms with Gasteiger partial charge in [-0.3, -0.25) is 0 Å². The Hall–Kier alpha value is -4.23. The number of ether oxygens (including phenoxy) is 1. The van der Waals surface area contributed by atoms with Gasteiger partial charge in [-0.2, -0.15) is 5.26 Å². The Balaban J connectivity index is 1.72. The summed E-state index contributed by atoms with van der Waals surface area (Å²) in [6, 6.07) is 28.0. The molecule has 0 spiro atoms. The van der Waals surface area contributed by atoms with Crippen LogP contribution < -0.4 is 10.5 Å². The lowest BCUT2D eigenvalue weighted by atomic mass is 9.94. The van der Waals surface area contributed by atoms with Crippen molar-refractivity contribution in [1.29, 1.82) is 5.26 Å². The Morgan fingerprint density at radius 3 is 2.48 bits per heavy atom. The van der Waals surface area contributed by atoms with E-state index in [-0.39, 0.29) is 5.88 Å². The summed E-state index contributed by atoms with van der Waals surface area (Å²) in [5.74, 6) is 0.999. The standard InChI is InChI=1S/C25H16N2O2/c26-15-22-20(13-18-11-6-10-16-7-4-5-12-19(16)18)21-14-23(17-8-2-1-3-9-17)28-25(21)29-24(22)27/h1-14H,27H2/b20-13-. The highest BCUT2D eigenvalue weighted by atomic mass is 16.6. The zero-order valence-corrected chi connectivity index (χ0v) is 15.4. The molecule has 0 radical (unpaired) electrons. The van der Waals surface area contributed by atoms with E-state index in [0.29, 0.717) is 28.4 Å². The van der Waals surface area contributed by atoms with Crippen LogP contribution in [0.2, 0.25) is 0 Å². The number of allylic oxidation sites excluding steroid dienone is 2. The predicted molar refractivity (Wildman–Crippen MR) is 113 cm³/mol. The molecule has 0 bridgehead atoms. The normalized spacial score (nSPS) is 14.5. The third kappa shape index (κ3) is 2.86. The summed E-state index contributed by atoms with van der Waals surface area (Å²) in [6.07, 6.45) is 1.97. The Labute approximate surface area is 167 Å². The molecule has 1 aromatic heterocycles. The van der Waals surface area contributed by atoms with Gasteiger partial charge in [0.2, 0.25) is 5.88 Å². The minimum Gasteiger partial charge on any atom is -0.425 e. The Bertz CT molecular complexity index is 1330. The van der Waals surface area contributed by atoms with Crippen molar-refractivity contribution in [1.82, 2.24) is 0 Å². The SMILES string of the molecule is N#CC1=C(N)Oc2oc(-c3ccccc3)cc2/C1=C/c1cccc2ccccc12. The third-order valence-electron chi connectivity index (χ3n) is 5.00. The lowest BCUT2D eigenvalue weighted by molar-refractivity contribution is 0.309. The molecule has 4 heteroatoms. The molecular weight excluding hydrogens is 360 g/mol. The van der Waals surface area contributed by atoms with Crippen LogP contribution in [-0.4, -0.2) is 0 Å². The van der Waals surface area contributed by atoms with Crippen LogP contribution >= 0.6 is 0 Å². The lowest BCUT2D eigenvalue weighted by Gasteiger charge is -2.16. The highest BCUT2D eigenvalue weighted by Gasteiger charge is 2.28. The molecule has 1 aliphatic heterocycles. The van der Waals surface area contributed by atoms with Crippen LogP contribution in [0.3, 0.4) is 0 Å². The minimum absolute atomic E-state index is 0.0421. The second kappa shape index (κ2) is 6.74. The number of benzene rings is 3. The molecule has 29 heavy (non-hydrogen) atoms. The number of fused-ring (bicyclic) bond motifs is 2. The van der Waals surface area contributed by atoms with Crippen molar-refractivity contribution < 1.29 is 9.15 Å². The number of hydrogen-bond donors (Lipinski definition) is 1. The van der Waals surface area contributed by atoms with Crippen LogP contribution in [0.15, 0.2) is 94.7 Å². The molecule has 4 nitrogen and oxygen atoms in total. The first-order valence-electron chi connectivity index (χ1n) is 9.22. The maximum Gasteiger partial charge on any atom is 0.299 e. The Morgan fingerprint density at radius 2 is 1.66 bits per heavy atom. The maximum atomic E-state index is 9.73. The van der Waals surface area contributed by atoms with E-state index in [4.69, 9.17) is 14.9 Å². The second-order valence-electron chi connectivity index (χ2n) is 6.76. The first-order valence-corrected chi connectivity index (χ1v) is 9.22. The maximum absolute atomic E-state index is 9.73. The van der Waals surface area contributed by atoms with Gasteiger partial charge in [-0.1, -0.05) is 72.8 Å². The summed E-state index contributed by atoms with van der Waals surface area (Å²) < 4.78 is 11.5. The molecule has 1 aliphatic rings. The number of hydrogen-bond acceptors (Lipinski definition) is 4. The fraction of sp³-hybridized carbons (Fsp3) is 0. The van der Waals surface area contributed by atoms with Crippen LogP contribution in [0.4, 0.5) is 0 Å². The van der Waals surface area contributed by atoms with Crippen LogP contribution in [-0.2, 0) is 0 Å². The van der Waals surface area contributed by atoms with Gasteiger partial charge in [-0.25, -0.2) is 0 Å². The smallest absolute Gasteiger partial charge is 0.299 e. The number of rotatable bonds is 2. The van der Waals surface area contributed by atoms with Crippen molar-refractivity contribution in [2.45, 2.75) is 0 Å². The summed E-state index contributed by atoms with van der Waals surface area (Å²) in [4.78, 5) is 0. The van der Waals surface area contributed by atoms with Gasteiger partial charge in [0.1, 0.15) is 17.4 Å². The Kier molecular flexibility index (Phi) is 3.93. The van der Waals surface area contributed by atoms with E-state index in [0.717, 1.165) is 21.9 Å². The number of nitrogens with two attached hydrogens (primary N) is 1. The molecule has 0 aliphatic carbocycles. The van der Waals surface area contributed by atoms with Gasteiger partial charge in [-0.15, -0.1) is 0 Å². The summed E-state index contributed by atoms with van der Waals surface area (Å²) in [7, 11) is 0. The van der Waals surface area contributed by atoms with Gasteiger partial charge < -0.3 is 14.9 Å². The van der Waals surface area contributed by atoms with E-state index in [1.807, 2.05) is 66.7 Å². The van der Waals surface area contributed by atoms with Crippen LogP contribution in [0, 0.1) is 11.3 Å². The van der Waals surface area contributed by atoms with Gasteiger partial charge in [0.05, 0.1) is 5.56 Å². The zero-order chi connectivity index (χ0) is 19.8. The fourth-order valence-corrected chi connectivity index (χ4v) is 3.60. The zero-order valence-electron chi connectivity index (χ0n) is 15.4. The summed E-state index contributed by atoms with van der Waals surface area (Å²) in [6.45, 7) is 0. The molecule has 0 saturated carbocycles.